The van der Waals surface area contributed by atoms with Crippen molar-refractivity contribution in [1.82, 2.24) is 4.98 Å². The summed E-state index contributed by atoms with van der Waals surface area (Å²) in [5.74, 6) is 1.87. The summed E-state index contributed by atoms with van der Waals surface area (Å²) in [5, 5.41) is 14.9. The summed E-state index contributed by atoms with van der Waals surface area (Å²) in [6.45, 7) is 25.6. The molecule has 0 spiro atoms. The number of carbonyl (C=O) groups is 1. The summed E-state index contributed by atoms with van der Waals surface area (Å²) < 4.78 is 7.80. The molecule has 0 saturated carbocycles. The Morgan fingerprint density at radius 1 is 0.909 bits per heavy atom. The number of aryl methyl sites for hydroxylation is 1. The van der Waals surface area contributed by atoms with E-state index in [0.29, 0.717) is 5.92 Å². The Kier molecular flexibility index (Phi) is 14.2. The molecule has 3 aromatic heterocycles. The number of hydrogen-bond acceptors (Lipinski definition) is 5. The number of aliphatic hydroxyl groups is 1. The maximum Gasteiger partial charge on any atom is 0.164 e. The van der Waals surface area contributed by atoms with Gasteiger partial charge in [-0.1, -0.05) is 117 Å². The van der Waals surface area contributed by atoms with E-state index in [9.17, 15) is 9.90 Å². The van der Waals surface area contributed by atoms with Crippen LogP contribution in [0.3, 0.4) is 0 Å². The molecule has 0 unspecified atom stereocenters. The predicted molar refractivity (Wildman–Crippen MR) is 232 cm³/mol. The number of pyridine rings is 1. The van der Waals surface area contributed by atoms with Crippen LogP contribution in [0.2, 0.25) is 0 Å². The van der Waals surface area contributed by atoms with Gasteiger partial charge in [0.2, 0.25) is 0 Å². The smallest absolute Gasteiger partial charge is 0.164 e. The largest absolute Gasteiger partial charge is 0.512 e. The summed E-state index contributed by atoms with van der Waals surface area (Å²) in [4.78, 5) is 18.2. The van der Waals surface area contributed by atoms with Crippen molar-refractivity contribution >= 4 is 48.9 Å². The number of thiophene rings is 1. The third kappa shape index (κ3) is 9.36. The van der Waals surface area contributed by atoms with E-state index in [-0.39, 0.29) is 47.9 Å². The monoisotopic (exact) mass is 935 g/mol. The molecule has 0 aliphatic carbocycles. The Morgan fingerprint density at radius 3 is 2.18 bits per heavy atom. The third-order valence-electron chi connectivity index (χ3n) is 11.7. The summed E-state index contributed by atoms with van der Waals surface area (Å²) in [7, 11) is 0. The number of fused-ring (bicyclic) bond motifs is 3. The van der Waals surface area contributed by atoms with Gasteiger partial charge >= 0.3 is 0 Å². The molecule has 6 rings (SSSR count). The fraction of sp³-hybridized carbons (Fsp3) is 0.429. The molecule has 0 bridgehead atoms. The minimum atomic E-state index is -0.337. The maximum absolute atomic E-state index is 12.2. The second-order valence-corrected chi connectivity index (χ2v) is 18.1. The number of ketones is 1. The van der Waals surface area contributed by atoms with Crippen LogP contribution in [0.25, 0.3) is 53.7 Å². The summed E-state index contributed by atoms with van der Waals surface area (Å²) in [5.41, 5.74) is 6.04. The van der Waals surface area contributed by atoms with Gasteiger partial charge in [0, 0.05) is 59.0 Å². The first-order valence-corrected chi connectivity index (χ1v) is 20.6. The van der Waals surface area contributed by atoms with Crippen LogP contribution in [0.5, 0.6) is 0 Å². The first kappa shape index (κ1) is 44.1. The molecular formula is C49H60IrNO3S-. The average molecular weight is 935 g/mol. The third-order valence-corrected chi connectivity index (χ3v) is 12.8. The van der Waals surface area contributed by atoms with Crippen LogP contribution < -0.4 is 0 Å². The van der Waals surface area contributed by atoms with E-state index in [0.717, 1.165) is 75.9 Å². The van der Waals surface area contributed by atoms with Crippen LogP contribution >= 0.6 is 11.3 Å². The average Bonchev–Trinajstić information content (AvgIpc) is 3.73. The van der Waals surface area contributed by atoms with Crippen molar-refractivity contribution in [3.05, 3.63) is 101 Å². The number of aromatic nitrogens is 1. The minimum absolute atomic E-state index is 0. The van der Waals surface area contributed by atoms with Gasteiger partial charge in [0.15, 0.2) is 5.78 Å². The molecule has 0 fully saturated rings. The SMILES string of the molecule is CCC(C)(CC)C(=O)/C=C(\O)C(C)(CC)CC.Cc1c(-c2cc3cc(CC(C)C)ccc3s2)oc2ccnc(-c3[c-]c4ccccc4c(C(C)(C)C)c3)c12.[Ir]. The van der Waals surface area contributed by atoms with E-state index >= 15 is 0 Å². The molecular weight excluding hydrogens is 875 g/mol. The normalized spacial score (nSPS) is 12.6. The second-order valence-electron chi connectivity index (χ2n) is 17.0. The van der Waals surface area contributed by atoms with E-state index in [1.54, 1.807) is 11.3 Å². The Morgan fingerprint density at radius 2 is 1.56 bits per heavy atom. The zero-order valence-electron chi connectivity index (χ0n) is 35.0. The molecule has 3 aromatic carbocycles. The Labute approximate surface area is 347 Å². The molecule has 0 amide bonds. The van der Waals surface area contributed by atoms with E-state index in [4.69, 9.17) is 9.40 Å². The first-order chi connectivity index (χ1) is 25.5. The molecule has 0 atom stereocenters. The number of nitrogens with zero attached hydrogens (tertiary/aromatic N) is 1. The topological polar surface area (TPSA) is 63.3 Å². The molecule has 295 valence electrons. The summed E-state index contributed by atoms with van der Waals surface area (Å²) in [6, 6.07) is 25.6. The van der Waals surface area contributed by atoms with Crippen molar-refractivity contribution in [2.45, 2.75) is 121 Å². The van der Waals surface area contributed by atoms with E-state index in [2.05, 4.69) is 102 Å². The van der Waals surface area contributed by atoms with E-state index in [1.165, 1.54) is 32.7 Å². The molecule has 0 saturated heterocycles. The van der Waals surface area contributed by atoms with Crippen molar-refractivity contribution in [3.8, 4) is 21.9 Å². The molecule has 6 aromatic rings. The van der Waals surface area contributed by atoms with Crippen LogP contribution in [0, 0.1) is 29.7 Å². The van der Waals surface area contributed by atoms with Gasteiger partial charge in [-0.3, -0.25) is 9.78 Å². The molecule has 3 heterocycles. The quantitative estimate of drug-likeness (QED) is 0.0799. The predicted octanol–water partition coefficient (Wildman–Crippen LogP) is 14.8. The Balaban J connectivity index is 0.000000320. The van der Waals surface area contributed by atoms with E-state index < -0.39 is 0 Å². The standard InChI is InChI=1S/C34H32NOS.C15H28O2.Ir/c1-20(2)15-22-11-12-29-24(16-22)19-30(37-29)33-21(3)31-28(36-33)13-14-35-32(31)25-17-23-9-7-8-10-26(23)27(18-25)34(4,5)6;1-7-14(5,8-2)12(16)11-13(17)15(6,9-3)10-4;/h7-14,16,18-20H,15H2,1-6H3;11,16H,7-10H2,1-6H3;/q-1;;/b;12-11-;. The number of rotatable bonds is 11. The van der Waals surface area contributed by atoms with E-state index in [1.807, 2.05) is 53.8 Å². The van der Waals surface area contributed by atoms with Gasteiger partial charge in [0.25, 0.3) is 0 Å². The molecule has 1 N–H and O–H groups in total. The van der Waals surface area contributed by atoms with Crippen LogP contribution in [-0.4, -0.2) is 15.9 Å². The van der Waals surface area contributed by atoms with Gasteiger partial charge in [-0.15, -0.1) is 40.5 Å². The first-order valence-electron chi connectivity index (χ1n) is 19.8. The fourth-order valence-corrected chi connectivity index (χ4v) is 8.18. The molecule has 1 radical (unpaired) electrons. The molecule has 4 nitrogen and oxygen atoms in total. The van der Waals surface area contributed by atoms with Crippen molar-refractivity contribution in [1.29, 1.82) is 0 Å². The maximum atomic E-state index is 12.2. The number of furan rings is 1. The van der Waals surface area contributed by atoms with Crippen molar-refractivity contribution in [2.75, 3.05) is 0 Å². The molecule has 6 heteroatoms. The van der Waals surface area contributed by atoms with Gasteiger partial charge in [0.1, 0.15) is 17.1 Å². The Hall–Kier alpha value is -3.57. The zero-order valence-corrected chi connectivity index (χ0v) is 38.2. The molecule has 55 heavy (non-hydrogen) atoms. The Bertz CT molecular complexity index is 2290. The van der Waals surface area contributed by atoms with Crippen molar-refractivity contribution in [2.24, 2.45) is 16.7 Å². The van der Waals surface area contributed by atoms with Gasteiger partial charge in [0.05, 0.1) is 4.88 Å². The van der Waals surface area contributed by atoms with Gasteiger partial charge < -0.3 is 9.52 Å². The number of aliphatic hydroxyl groups excluding tert-OH is 1. The van der Waals surface area contributed by atoms with Crippen LogP contribution in [0.15, 0.2) is 83.1 Å². The zero-order chi connectivity index (χ0) is 39.6. The minimum Gasteiger partial charge on any atom is -0.512 e. The van der Waals surface area contributed by atoms with Crippen LogP contribution in [0.1, 0.15) is 119 Å². The van der Waals surface area contributed by atoms with Crippen molar-refractivity contribution in [3.63, 3.8) is 0 Å². The number of carbonyl (C=O) groups excluding carboxylic acids is 1. The van der Waals surface area contributed by atoms with Crippen molar-refractivity contribution < 1.29 is 34.4 Å². The van der Waals surface area contributed by atoms with Gasteiger partial charge in [-0.2, -0.15) is 0 Å². The summed E-state index contributed by atoms with van der Waals surface area (Å²) in [6.07, 6.45) is 7.70. The summed E-state index contributed by atoms with van der Waals surface area (Å²) >= 11 is 1.79. The molecule has 0 aliphatic heterocycles. The second kappa shape index (κ2) is 17.7. The number of benzene rings is 3. The van der Waals surface area contributed by atoms with Crippen LogP contribution in [0.4, 0.5) is 0 Å². The van der Waals surface area contributed by atoms with Gasteiger partial charge in [-0.05, 0) is 85.1 Å². The molecule has 0 aliphatic rings. The number of allylic oxidation sites excluding steroid dienone is 2. The van der Waals surface area contributed by atoms with Gasteiger partial charge in [-0.25, -0.2) is 0 Å². The fourth-order valence-electron chi connectivity index (χ4n) is 7.10. The number of hydrogen-bond donors (Lipinski definition) is 1. The van der Waals surface area contributed by atoms with Crippen LogP contribution in [-0.2, 0) is 36.7 Å².